The number of esters is 1. The molecule has 1 atom stereocenters. The largest absolute Gasteiger partial charge is 0.466 e. The SMILES string of the molecule is COC(=O)/C=C1/C(c2ccccc2)N(c2ccccc2)CN1c1cc(C)cc(C)c1. The molecule has 0 N–H and O–H groups in total. The molecule has 30 heavy (non-hydrogen) atoms. The van der Waals surface area contributed by atoms with Crippen LogP contribution in [0.4, 0.5) is 11.4 Å². The Morgan fingerprint density at radius 2 is 1.50 bits per heavy atom. The summed E-state index contributed by atoms with van der Waals surface area (Å²) in [7, 11) is 1.42. The normalized spacial score (nSPS) is 17.4. The molecular weight excluding hydrogens is 372 g/mol. The van der Waals surface area contributed by atoms with E-state index in [9.17, 15) is 4.79 Å². The highest BCUT2D eigenvalue weighted by molar-refractivity contribution is 5.85. The number of benzene rings is 3. The molecule has 0 aromatic heterocycles. The minimum absolute atomic E-state index is 0.103. The summed E-state index contributed by atoms with van der Waals surface area (Å²) in [6.45, 7) is 4.83. The predicted octanol–water partition coefficient (Wildman–Crippen LogP) is 5.39. The monoisotopic (exact) mass is 398 g/mol. The predicted molar refractivity (Wildman–Crippen MR) is 121 cm³/mol. The maximum Gasteiger partial charge on any atom is 0.332 e. The summed E-state index contributed by atoms with van der Waals surface area (Å²) in [5.74, 6) is -0.352. The van der Waals surface area contributed by atoms with E-state index in [1.54, 1.807) is 6.08 Å². The quantitative estimate of drug-likeness (QED) is 0.436. The van der Waals surface area contributed by atoms with Gasteiger partial charge < -0.3 is 14.5 Å². The van der Waals surface area contributed by atoms with Gasteiger partial charge in [-0.15, -0.1) is 0 Å². The van der Waals surface area contributed by atoms with E-state index < -0.39 is 0 Å². The molecule has 0 bridgehead atoms. The number of para-hydroxylation sites is 1. The zero-order chi connectivity index (χ0) is 21.1. The first-order valence-electron chi connectivity index (χ1n) is 10.1. The molecule has 4 heteroatoms. The molecular formula is C26H26N2O2. The fourth-order valence-electron chi connectivity index (χ4n) is 4.13. The molecule has 1 saturated heterocycles. The molecule has 0 aliphatic carbocycles. The van der Waals surface area contributed by atoms with E-state index in [2.05, 4.69) is 66.1 Å². The number of aryl methyl sites for hydroxylation is 2. The molecule has 0 spiro atoms. The maximum atomic E-state index is 12.4. The number of carbonyl (C=O) groups is 1. The highest BCUT2D eigenvalue weighted by Gasteiger charge is 2.37. The van der Waals surface area contributed by atoms with Gasteiger partial charge in [0.05, 0.1) is 25.5 Å². The van der Waals surface area contributed by atoms with Gasteiger partial charge in [-0.2, -0.15) is 0 Å². The van der Waals surface area contributed by atoms with Crippen LogP contribution in [0.2, 0.25) is 0 Å². The summed E-state index contributed by atoms with van der Waals surface area (Å²) >= 11 is 0. The Bertz CT molecular complexity index is 1040. The molecule has 1 aliphatic heterocycles. The van der Waals surface area contributed by atoms with E-state index in [1.165, 1.54) is 18.2 Å². The molecule has 3 aromatic rings. The average Bonchev–Trinajstić information content (AvgIpc) is 3.13. The molecule has 1 fully saturated rings. The Kier molecular flexibility index (Phi) is 5.57. The summed E-state index contributed by atoms with van der Waals surface area (Å²) < 4.78 is 5.01. The van der Waals surface area contributed by atoms with Gasteiger partial charge in [0.15, 0.2) is 0 Å². The number of methoxy groups -OCH3 is 1. The first-order chi connectivity index (χ1) is 14.6. The third kappa shape index (κ3) is 3.94. The van der Waals surface area contributed by atoms with Crippen LogP contribution in [0.15, 0.2) is 90.6 Å². The van der Waals surface area contributed by atoms with Crippen LogP contribution in [-0.2, 0) is 9.53 Å². The average molecular weight is 399 g/mol. The van der Waals surface area contributed by atoms with Gasteiger partial charge >= 0.3 is 5.97 Å². The molecule has 152 valence electrons. The Balaban J connectivity index is 1.90. The van der Waals surface area contributed by atoms with Crippen molar-refractivity contribution in [2.75, 3.05) is 23.6 Å². The highest BCUT2D eigenvalue weighted by atomic mass is 16.5. The van der Waals surface area contributed by atoms with Crippen LogP contribution in [0.25, 0.3) is 0 Å². The number of carbonyl (C=O) groups excluding carboxylic acids is 1. The van der Waals surface area contributed by atoms with Gasteiger partial charge in [-0.25, -0.2) is 4.79 Å². The summed E-state index contributed by atoms with van der Waals surface area (Å²) in [6.07, 6.45) is 1.62. The van der Waals surface area contributed by atoms with E-state index in [0.29, 0.717) is 6.67 Å². The van der Waals surface area contributed by atoms with Crippen LogP contribution >= 0.6 is 0 Å². The molecule has 1 aliphatic rings. The van der Waals surface area contributed by atoms with Crippen molar-refractivity contribution in [1.82, 2.24) is 0 Å². The second-order valence-electron chi connectivity index (χ2n) is 7.63. The minimum atomic E-state index is -0.352. The molecule has 0 radical (unpaired) electrons. The Morgan fingerprint density at radius 1 is 0.900 bits per heavy atom. The van der Waals surface area contributed by atoms with Crippen LogP contribution < -0.4 is 9.80 Å². The van der Waals surface area contributed by atoms with Gasteiger partial charge in [-0.3, -0.25) is 0 Å². The highest BCUT2D eigenvalue weighted by Crippen LogP contribution is 2.42. The van der Waals surface area contributed by atoms with Crippen molar-refractivity contribution >= 4 is 17.3 Å². The number of rotatable bonds is 4. The molecule has 4 nitrogen and oxygen atoms in total. The Labute approximate surface area is 178 Å². The number of anilines is 2. The lowest BCUT2D eigenvalue weighted by atomic mass is 10.0. The number of hydrogen-bond donors (Lipinski definition) is 0. The first kappa shape index (κ1) is 19.8. The van der Waals surface area contributed by atoms with E-state index in [0.717, 1.165) is 22.6 Å². The maximum absolute atomic E-state index is 12.4. The van der Waals surface area contributed by atoms with E-state index in [-0.39, 0.29) is 12.0 Å². The smallest absolute Gasteiger partial charge is 0.332 e. The summed E-state index contributed by atoms with van der Waals surface area (Å²) in [5, 5.41) is 0. The summed E-state index contributed by atoms with van der Waals surface area (Å²) in [6, 6.07) is 27.0. The van der Waals surface area contributed by atoms with Gasteiger partial charge in [0.25, 0.3) is 0 Å². The van der Waals surface area contributed by atoms with Crippen LogP contribution in [0, 0.1) is 13.8 Å². The van der Waals surface area contributed by atoms with Crippen molar-refractivity contribution in [3.8, 4) is 0 Å². The van der Waals surface area contributed by atoms with Crippen molar-refractivity contribution in [2.45, 2.75) is 19.9 Å². The molecule has 1 heterocycles. The number of hydrogen-bond acceptors (Lipinski definition) is 4. The fraction of sp³-hybridized carbons (Fsp3) is 0.192. The third-order valence-electron chi connectivity index (χ3n) is 5.39. The van der Waals surface area contributed by atoms with Gasteiger partial charge in [0, 0.05) is 17.5 Å². The van der Waals surface area contributed by atoms with E-state index in [1.807, 2.05) is 36.4 Å². The van der Waals surface area contributed by atoms with Crippen LogP contribution in [0.1, 0.15) is 22.7 Å². The summed E-state index contributed by atoms with van der Waals surface area (Å²) in [5.41, 5.74) is 6.59. The van der Waals surface area contributed by atoms with Crippen LogP contribution in [0.3, 0.4) is 0 Å². The van der Waals surface area contributed by atoms with Crippen molar-refractivity contribution in [3.05, 3.63) is 107 Å². The number of nitrogens with zero attached hydrogens (tertiary/aromatic N) is 2. The molecule has 3 aromatic carbocycles. The third-order valence-corrected chi connectivity index (χ3v) is 5.39. The molecule has 4 rings (SSSR count). The standard InChI is InChI=1S/C26H26N2O2/c1-19-14-20(2)16-23(15-19)27-18-28(22-12-8-5-9-13-22)26(21-10-6-4-7-11-21)24(27)17-25(29)30-3/h4-17,26H,18H2,1-3H3/b24-17-. The lowest BCUT2D eigenvalue weighted by Gasteiger charge is -2.25. The van der Waals surface area contributed by atoms with Gasteiger partial charge in [-0.05, 0) is 54.8 Å². The first-order valence-corrected chi connectivity index (χ1v) is 10.1. The minimum Gasteiger partial charge on any atom is -0.466 e. The Hall–Kier alpha value is -3.53. The van der Waals surface area contributed by atoms with Gasteiger partial charge in [-0.1, -0.05) is 54.6 Å². The van der Waals surface area contributed by atoms with E-state index in [4.69, 9.17) is 4.74 Å². The van der Waals surface area contributed by atoms with Crippen LogP contribution in [0.5, 0.6) is 0 Å². The van der Waals surface area contributed by atoms with Gasteiger partial charge in [0.1, 0.15) is 0 Å². The van der Waals surface area contributed by atoms with Crippen molar-refractivity contribution in [3.63, 3.8) is 0 Å². The fourth-order valence-corrected chi connectivity index (χ4v) is 4.13. The van der Waals surface area contributed by atoms with Crippen LogP contribution in [-0.4, -0.2) is 19.7 Å². The van der Waals surface area contributed by atoms with E-state index >= 15 is 0 Å². The van der Waals surface area contributed by atoms with Crippen molar-refractivity contribution in [2.24, 2.45) is 0 Å². The lowest BCUT2D eigenvalue weighted by Crippen LogP contribution is -2.26. The Morgan fingerprint density at radius 3 is 2.10 bits per heavy atom. The lowest BCUT2D eigenvalue weighted by molar-refractivity contribution is -0.134. The summed E-state index contributed by atoms with van der Waals surface area (Å²) in [4.78, 5) is 16.9. The topological polar surface area (TPSA) is 32.8 Å². The molecule has 0 amide bonds. The second kappa shape index (κ2) is 8.46. The number of ether oxygens (including phenoxy) is 1. The molecule has 1 unspecified atom stereocenters. The zero-order valence-electron chi connectivity index (χ0n) is 17.6. The van der Waals surface area contributed by atoms with Crippen molar-refractivity contribution in [1.29, 1.82) is 0 Å². The molecule has 0 saturated carbocycles. The van der Waals surface area contributed by atoms with Gasteiger partial charge in [0.2, 0.25) is 0 Å². The second-order valence-corrected chi connectivity index (χ2v) is 7.63. The zero-order valence-corrected chi connectivity index (χ0v) is 17.6. The van der Waals surface area contributed by atoms with Crippen molar-refractivity contribution < 1.29 is 9.53 Å².